The number of nitrogen functional groups attached to an aromatic ring is 1. The number of phenols is 1. The number of anilines is 2. The molecule has 3 atom stereocenters. The van der Waals surface area contributed by atoms with Crippen molar-refractivity contribution in [1.29, 1.82) is 0 Å². The summed E-state index contributed by atoms with van der Waals surface area (Å²) in [7, 11) is 0. The topological polar surface area (TPSA) is 134 Å². The van der Waals surface area contributed by atoms with Crippen LogP contribution in [0.4, 0.5) is 11.4 Å². The molecule has 0 saturated heterocycles. The highest BCUT2D eigenvalue weighted by Gasteiger charge is 2.40. The zero-order valence-electron chi connectivity index (χ0n) is 25.7. The fourth-order valence-electron chi connectivity index (χ4n) is 6.32. The summed E-state index contributed by atoms with van der Waals surface area (Å²) in [5.74, 6) is 0.173. The third-order valence-corrected chi connectivity index (χ3v) is 8.66. The van der Waals surface area contributed by atoms with E-state index >= 15 is 0 Å². The van der Waals surface area contributed by atoms with Gasteiger partial charge in [-0.1, -0.05) is 27.7 Å². The molecule has 3 amide bonds. The Kier molecular flexibility index (Phi) is 8.97. The zero-order chi connectivity index (χ0) is 31.8. The standard InChI is InChI=1S/C34H41ClN4O5/c1-19(16-34(2,3)4)31(41)37-10-5-11-38-32(42)20-6-8-24-25(13-20)30-22(17-35)18-39(26(30)15-27(24)40)33(43)29-14-21-12-23(36)7-9-28(21)44-29/h6-9,12-13,15,19,22,29,40H,5,10-11,14,16-18,36H2,1-4H3,(H,37,41)(H,38,42). The Hall–Kier alpha value is -3.98. The van der Waals surface area contributed by atoms with Gasteiger partial charge < -0.3 is 31.1 Å². The molecule has 3 aromatic rings. The predicted octanol–water partition coefficient (Wildman–Crippen LogP) is 5.11. The molecule has 2 heterocycles. The van der Waals surface area contributed by atoms with E-state index in [2.05, 4.69) is 31.4 Å². The number of hydrogen-bond acceptors (Lipinski definition) is 6. The molecule has 10 heteroatoms. The fourth-order valence-corrected chi connectivity index (χ4v) is 6.57. The van der Waals surface area contributed by atoms with Crippen molar-refractivity contribution in [2.75, 3.05) is 36.1 Å². The lowest BCUT2D eigenvalue weighted by Gasteiger charge is -2.22. The molecule has 3 aromatic carbocycles. The van der Waals surface area contributed by atoms with E-state index in [9.17, 15) is 19.5 Å². The summed E-state index contributed by atoms with van der Waals surface area (Å²) in [6.45, 7) is 9.47. The SMILES string of the molecule is CC(CC(C)(C)C)C(=O)NCCCNC(=O)c1ccc2c(O)cc3c(c2c1)C(CCl)CN3C(=O)C1Cc2cc(N)ccc2O1. The van der Waals surface area contributed by atoms with Gasteiger partial charge in [0, 0.05) is 72.0 Å². The predicted molar refractivity (Wildman–Crippen MR) is 174 cm³/mol. The van der Waals surface area contributed by atoms with Gasteiger partial charge in [-0.2, -0.15) is 0 Å². The van der Waals surface area contributed by atoms with Crippen LogP contribution >= 0.6 is 11.6 Å². The van der Waals surface area contributed by atoms with Crippen LogP contribution < -0.4 is 26.0 Å². The van der Waals surface area contributed by atoms with Gasteiger partial charge >= 0.3 is 0 Å². The number of aromatic hydroxyl groups is 1. The van der Waals surface area contributed by atoms with Gasteiger partial charge in [-0.3, -0.25) is 14.4 Å². The number of fused-ring (bicyclic) bond motifs is 4. The highest BCUT2D eigenvalue weighted by Crippen LogP contribution is 2.46. The van der Waals surface area contributed by atoms with Gasteiger partial charge in [0.1, 0.15) is 11.5 Å². The molecule has 3 unspecified atom stereocenters. The Morgan fingerprint density at radius 3 is 2.57 bits per heavy atom. The molecule has 0 spiro atoms. The molecule has 0 bridgehead atoms. The lowest BCUT2D eigenvalue weighted by Crippen LogP contribution is -2.41. The number of amides is 3. The monoisotopic (exact) mass is 620 g/mol. The number of nitrogens with zero attached hydrogens (tertiary/aromatic N) is 1. The van der Waals surface area contributed by atoms with Gasteiger partial charge in [-0.05, 0) is 65.6 Å². The van der Waals surface area contributed by atoms with Gasteiger partial charge in [-0.25, -0.2) is 0 Å². The number of benzene rings is 3. The van der Waals surface area contributed by atoms with Gasteiger partial charge in [0.2, 0.25) is 5.91 Å². The quantitative estimate of drug-likeness (QED) is 0.149. The summed E-state index contributed by atoms with van der Waals surface area (Å²) in [4.78, 5) is 40.8. The largest absolute Gasteiger partial charge is 0.507 e. The van der Waals surface area contributed by atoms with Crippen LogP contribution in [-0.4, -0.2) is 54.4 Å². The van der Waals surface area contributed by atoms with Gasteiger partial charge in [0.25, 0.3) is 11.8 Å². The first kappa shape index (κ1) is 31.4. The van der Waals surface area contributed by atoms with Crippen molar-refractivity contribution in [2.45, 2.75) is 59.0 Å². The summed E-state index contributed by atoms with van der Waals surface area (Å²) < 4.78 is 5.97. The second-order valence-electron chi connectivity index (χ2n) is 13.1. The smallest absolute Gasteiger partial charge is 0.268 e. The van der Waals surface area contributed by atoms with Crippen LogP contribution in [0.5, 0.6) is 11.5 Å². The minimum atomic E-state index is -0.713. The number of phenolic OH excluding ortho intramolecular Hbond substituents is 1. The number of ether oxygens (including phenoxy) is 1. The van der Waals surface area contributed by atoms with E-state index in [0.717, 1.165) is 17.5 Å². The molecule has 9 nitrogen and oxygen atoms in total. The van der Waals surface area contributed by atoms with Crippen LogP contribution in [0.1, 0.15) is 67.9 Å². The van der Waals surface area contributed by atoms with E-state index in [0.29, 0.717) is 65.9 Å². The van der Waals surface area contributed by atoms with Crippen LogP contribution in [-0.2, 0) is 16.0 Å². The Labute approximate surface area is 263 Å². The Morgan fingerprint density at radius 1 is 1.09 bits per heavy atom. The van der Waals surface area contributed by atoms with Crippen LogP contribution in [0.15, 0.2) is 42.5 Å². The van der Waals surface area contributed by atoms with Crippen molar-refractivity contribution < 1.29 is 24.2 Å². The molecule has 2 aliphatic heterocycles. The number of alkyl halides is 1. The van der Waals surface area contributed by atoms with Crippen LogP contribution in [0.3, 0.4) is 0 Å². The number of hydrogen-bond donors (Lipinski definition) is 4. The van der Waals surface area contributed by atoms with E-state index in [1.807, 2.05) is 13.0 Å². The molecule has 5 rings (SSSR count). The normalized spacial score (nSPS) is 18.0. The maximum atomic E-state index is 13.7. The summed E-state index contributed by atoms with van der Waals surface area (Å²) in [5.41, 5.74) is 9.30. The van der Waals surface area contributed by atoms with E-state index < -0.39 is 6.10 Å². The minimum Gasteiger partial charge on any atom is -0.507 e. The van der Waals surface area contributed by atoms with E-state index in [-0.39, 0.29) is 46.6 Å². The average Bonchev–Trinajstić information content (AvgIpc) is 3.56. The Balaban J connectivity index is 1.28. The number of carbonyl (C=O) groups excluding carboxylic acids is 3. The second-order valence-corrected chi connectivity index (χ2v) is 13.4. The zero-order valence-corrected chi connectivity index (χ0v) is 26.5. The molecule has 0 radical (unpaired) electrons. The first-order valence-electron chi connectivity index (χ1n) is 15.1. The molecule has 5 N–H and O–H groups in total. The molecule has 0 aliphatic carbocycles. The number of nitrogens with one attached hydrogen (secondary N) is 2. The maximum Gasteiger partial charge on any atom is 0.268 e. The van der Waals surface area contributed by atoms with Gasteiger partial charge in [-0.15, -0.1) is 11.6 Å². The Bertz CT molecular complexity index is 1600. The summed E-state index contributed by atoms with van der Waals surface area (Å²) in [5, 5.41) is 18.1. The molecule has 0 aromatic heterocycles. The summed E-state index contributed by atoms with van der Waals surface area (Å²) in [6.07, 6.45) is 1.08. The fraction of sp³-hybridized carbons (Fsp3) is 0.441. The van der Waals surface area contributed by atoms with Crippen LogP contribution in [0, 0.1) is 11.3 Å². The lowest BCUT2D eigenvalue weighted by molar-refractivity contribution is -0.125. The third-order valence-electron chi connectivity index (χ3n) is 8.29. The lowest BCUT2D eigenvalue weighted by atomic mass is 9.85. The first-order chi connectivity index (χ1) is 20.9. The molecule has 0 fully saturated rings. The van der Waals surface area contributed by atoms with E-state index in [1.165, 1.54) is 0 Å². The number of nitrogens with two attached hydrogens (primary N) is 1. The third kappa shape index (κ3) is 6.58. The highest BCUT2D eigenvalue weighted by molar-refractivity contribution is 6.19. The molecule has 2 aliphatic rings. The number of halogens is 1. The van der Waals surface area contributed by atoms with Crippen LogP contribution in [0.2, 0.25) is 0 Å². The van der Waals surface area contributed by atoms with Crippen molar-refractivity contribution in [3.63, 3.8) is 0 Å². The number of carbonyl (C=O) groups is 3. The Morgan fingerprint density at radius 2 is 1.84 bits per heavy atom. The van der Waals surface area contributed by atoms with Crippen molar-refractivity contribution in [2.24, 2.45) is 11.3 Å². The highest BCUT2D eigenvalue weighted by atomic mass is 35.5. The molecule has 44 heavy (non-hydrogen) atoms. The molecule has 0 saturated carbocycles. The maximum absolute atomic E-state index is 13.7. The van der Waals surface area contributed by atoms with E-state index in [1.54, 1.807) is 41.3 Å². The molecular formula is C34H41ClN4O5. The molecular weight excluding hydrogens is 580 g/mol. The number of rotatable bonds is 9. The first-order valence-corrected chi connectivity index (χ1v) is 15.7. The molecule has 234 valence electrons. The van der Waals surface area contributed by atoms with Crippen molar-refractivity contribution >= 4 is 51.5 Å². The van der Waals surface area contributed by atoms with Gasteiger partial charge in [0.05, 0.1) is 5.69 Å². The van der Waals surface area contributed by atoms with Gasteiger partial charge in [0.15, 0.2) is 6.10 Å². The van der Waals surface area contributed by atoms with Crippen molar-refractivity contribution in [3.8, 4) is 11.5 Å². The van der Waals surface area contributed by atoms with Crippen molar-refractivity contribution in [3.05, 3.63) is 59.2 Å². The van der Waals surface area contributed by atoms with Crippen molar-refractivity contribution in [1.82, 2.24) is 10.6 Å². The second kappa shape index (κ2) is 12.6. The minimum absolute atomic E-state index is 0.0126. The average molecular weight is 621 g/mol. The van der Waals surface area contributed by atoms with E-state index in [4.69, 9.17) is 22.1 Å². The summed E-state index contributed by atoms with van der Waals surface area (Å²) in [6, 6.07) is 12.1. The summed E-state index contributed by atoms with van der Waals surface area (Å²) >= 11 is 6.41. The van der Waals surface area contributed by atoms with Crippen LogP contribution in [0.25, 0.3) is 10.8 Å².